The molecule has 0 atom stereocenters. The van der Waals surface area contributed by atoms with Crippen LogP contribution in [0.25, 0.3) is 5.69 Å². The summed E-state index contributed by atoms with van der Waals surface area (Å²) in [4.78, 5) is 14.4. The van der Waals surface area contributed by atoms with Gasteiger partial charge in [0.25, 0.3) is 0 Å². The van der Waals surface area contributed by atoms with Crippen LogP contribution in [-0.2, 0) is 0 Å². The predicted octanol–water partition coefficient (Wildman–Crippen LogP) is 2.99. The Kier molecular flexibility index (Phi) is 2.98. The van der Waals surface area contributed by atoms with Gasteiger partial charge in [-0.2, -0.15) is 0 Å². The van der Waals surface area contributed by atoms with Crippen molar-refractivity contribution in [2.45, 2.75) is 0 Å². The quantitative estimate of drug-likeness (QED) is 0.927. The van der Waals surface area contributed by atoms with Crippen LogP contribution in [0.3, 0.4) is 0 Å². The van der Waals surface area contributed by atoms with Crippen molar-refractivity contribution in [1.82, 2.24) is 9.55 Å². The number of aromatic nitrogens is 2. The lowest BCUT2D eigenvalue weighted by Crippen LogP contribution is -1.96. The van der Waals surface area contributed by atoms with Gasteiger partial charge in [0.1, 0.15) is 6.33 Å². The van der Waals surface area contributed by atoms with Crippen LogP contribution in [0, 0.1) is 0 Å². The van der Waals surface area contributed by atoms with E-state index in [1.807, 2.05) is 0 Å². The van der Waals surface area contributed by atoms with Gasteiger partial charge in [-0.1, -0.05) is 27.5 Å². The molecule has 2 rings (SSSR count). The van der Waals surface area contributed by atoms with Crippen LogP contribution in [-0.4, -0.2) is 20.6 Å². The van der Waals surface area contributed by atoms with Crippen molar-refractivity contribution in [2.75, 3.05) is 0 Å². The van der Waals surface area contributed by atoms with Gasteiger partial charge in [0, 0.05) is 10.7 Å². The fourth-order valence-electron chi connectivity index (χ4n) is 1.25. The monoisotopic (exact) mass is 300 g/mol. The number of hydrogen-bond donors (Lipinski definition) is 1. The number of benzene rings is 1. The lowest BCUT2D eigenvalue weighted by Gasteiger charge is -2.04. The third kappa shape index (κ3) is 2.10. The molecule has 1 aromatic carbocycles. The summed E-state index contributed by atoms with van der Waals surface area (Å²) in [6, 6.07) is 5.32. The number of aromatic carboxylic acids is 1. The van der Waals surface area contributed by atoms with Gasteiger partial charge in [-0.25, -0.2) is 9.78 Å². The first-order valence-corrected chi connectivity index (χ1v) is 5.48. The van der Waals surface area contributed by atoms with E-state index < -0.39 is 5.97 Å². The van der Waals surface area contributed by atoms with E-state index in [1.165, 1.54) is 12.5 Å². The van der Waals surface area contributed by atoms with Crippen molar-refractivity contribution in [3.8, 4) is 5.69 Å². The highest BCUT2D eigenvalue weighted by molar-refractivity contribution is 9.10. The first-order chi connectivity index (χ1) is 7.58. The summed E-state index contributed by atoms with van der Waals surface area (Å²) < 4.78 is 2.42. The van der Waals surface area contributed by atoms with Gasteiger partial charge in [0.15, 0.2) is 5.69 Å². The Bertz CT molecular complexity index is 554. The molecule has 0 unspecified atom stereocenters. The smallest absolute Gasteiger partial charge is 0.356 e. The van der Waals surface area contributed by atoms with Crippen LogP contribution >= 0.6 is 27.5 Å². The van der Waals surface area contributed by atoms with Crippen molar-refractivity contribution in [3.63, 3.8) is 0 Å². The minimum Gasteiger partial charge on any atom is -0.476 e. The average Bonchev–Trinajstić information content (AvgIpc) is 2.70. The fourth-order valence-corrected chi connectivity index (χ4v) is 1.81. The second kappa shape index (κ2) is 4.27. The predicted molar refractivity (Wildman–Crippen MR) is 63.2 cm³/mol. The van der Waals surface area contributed by atoms with Gasteiger partial charge in [-0.3, -0.25) is 0 Å². The molecule has 0 fully saturated rings. The molecule has 4 nitrogen and oxygen atoms in total. The van der Waals surface area contributed by atoms with Gasteiger partial charge in [0.2, 0.25) is 0 Å². The first-order valence-electron chi connectivity index (χ1n) is 4.30. The maximum absolute atomic E-state index is 10.7. The molecule has 0 aliphatic heterocycles. The Labute approximate surface area is 105 Å². The minimum atomic E-state index is -1.06. The number of carboxylic acids is 1. The Morgan fingerprint density at radius 3 is 2.88 bits per heavy atom. The summed E-state index contributed by atoms with van der Waals surface area (Å²) in [5.41, 5.74) is 0.659. The molecule has 2 aromatic rings. The van der Waals surface area contributed by atoms with E-state index in [-0.39, 0.29) is 5.69 Å². The molecule has 0 spiro atoms. The second-order valence-corrected chi connectivity index (χ2v) is 4.39. The van der Waals surface area contributed by atoms with Gasteiger partial charge < -0.3 is 9.67 Å². The Morgan fingerprint density at radius 2 is 2.25 bits per heavy atom. The standard InChI is InChI=1S/C10H6BrClN2O2/c11-6-1-2-7(12)9(3-6)14-4-8(10(15)16)13-5-14/h1-5H,(H,15,16). The van der Waals surface area contributed by atoms with E-state index in [2.05, 4.69) is 20.9 Å². The van der Waals surface area contributed by atoms with Gasteiger partial charge in [0.05, 0.1) is 10.7 Å². The van der Waals surface area contributed by atoms with Crippen molar-refractivity contribution in [1.29, 1.82) is 0 Å². The lowest BCUT2D eigenvalue weighted by atomic mass is 10.3. The largest absolute Gasteiger partial charge is 0.476 e. The zero-order valence-electron chi connectivity index (χ0n) is 7.89. The Hall–Kier alpha value is -1.33. The molecule has 16 heavy (non-hydrogen) atoms. The second-order valence-electron chi connectivity index (χ2n) is 3.07. The van der Waals surface area contributed by atoms with E-state index in [9.17, 15) is 4.79 Å². The molecule has 0 saturated heterocycles. The molecule has 0 aliphatic rings. The molecular formula is C10H6BrClN2O2. The maximum Gasteiger partial charge on any atom is 0.356 e. The van der Waals surface area contributed by atoms with Gasteiger partial charge >= 0.3 is 5.97 Å². The molecule has 82 valence electrons. The van der Waals surface area contributed by atoms with Crippen LogP contribution in [0.5, 0.6) is 0 Å². The van der Waals surface area contributed by atoms with E-state index in [0.29, 0.717) is 10.7 Å². The molecule has 0 amide bonds. The van der Waals surface area contributed by atoms with Gasteiger partial charge in [-0.05, 0) is 18.2 Å². The van der Waals surface area contributed by atoms with E-state index in [0.717, 1.165) is 4.47 Å². The van der Waals surface area contributed by atoms with E-state index >= 15 is 0 Å². The average molecular weight is 302 g/mol. The Balaban J connectivity index is 2.50. The zero-order valence-corrected chi connectivity index (χ0v) is 10.2. The molecule has 1 aromatic heterocycles. The third-order valence-electron chi connectivity index (χ3n) is 1.99. The maximum atomic E-state index is 10.7. The van der Waals surface area contributed by atoms with Crippen LogP contribution in [0.4, 0.5) is 0 Å². The number of carboxylic acid groups (broad SMARTS) is 1. The molecule has 0 aliphatic carbocycles. The number of rotatable bonds is 2. The number of halogens is 2. The number of imidazole rings is 1. The minimum absolute atomic E-state index is 0.0176. The first kappa shape index (κ1) is 11.2. The summed E-state index contributed by atoms with van der Waals surface area (Å²) in [6.07, 6.45) is 2.83. The van der Waals surface area contributed by atoms with Gasteiger partial charge in [-0.15, -0.1) is 0 Å². The number of nitrogens with zero attached hydrogens (tertiary/aromatic N) is 2. The molecule has 6 heteroatoms. The molecular weight excluding hydrogens is 295 g/mol. The van der Waals surface area contributed by atoms with Crippen molar-refractivity contribution < 1.29 is 9.90 Å². The van der Waals surface area contributed by atoms with Crippen LogP contribution in [0.15, 0.2) is 35.2 Å². The van der Waals surface area contributed by atoms with E-state index in [4.69, 9.17) is 16.7 Å². The highest BCUT2D eigenvalue weighted by Crippen LogP contribution is 2.24. The fraction of sp³-hybridized carbons (Fsp3) is 0. The van der Waals surface area contributed by atoms with Crippen molar-refractivity contribution in [3.05, 3.63) is 45.9 Å². The van der Waals surface area contributed by atoms with Crippen LogP contribution in [0.2, 0.25) is 5.02 Å². The summed E-state index contributed by atoms with van der Waals surface area (Å²) in [6.45, 7) is 0. The summed E-state index contributed by atoms with van der Waals surface area (Å²) in [7, 11) is 0. The molecule has 1 N–H and O–H groups in total. The Morgan fingerprint density at radius 1 is 1.50 bits per heavy atom. The van der Waals surface area contributed by atoms with E-state index in [1.54, 1.807) is 22.8 Å². The topological polar surface area (TPSA) is 55.1 Å². The summed E-state index contributed by atoms with van der Waals surface area (Å²) in [5.74, 6) is -1.06. The van der Waals surface area contributed by atoms with Crippen LogP contribution < -0.4 is 0 Å². The SMILES string of the molecule is O=C(O)c1cn(-c2cc(Br)ccc2Cl)cn1. The lowest BCUT2D eigenvalue weighted by molar-refractivity contribution is 0.0691. The molecule has 0 saturated carbocycles. The van der Waals surface area contributed by atoms with Crippen LogP contribution in [0.1, 0.15) is 10.5 Å². The summed E-state index contributed by atoms with van der Waals surface area (Å²) >= 11 is 9.32. The normalized spacial score (nSPS) is 10.4. The summed E-state index contributed by atoms with van der Waals surface area (Å²) in [5, 5.41) is 9.28. The highest BCUT2D eigenvalue weighted by atomic mass is 79.9. The molecule has 0 bridgehead atoms. The number of hydrogen-bond acceptors (Lipinski definition) is 2. The van der Waals surface area contributed by atoms with Crippen molar-refractivity contribution in [2.24, 2.45) is 0 Å². The number of carbonyl (C=O) groups is 1. The molecule has 1 heterocycles. The zero-order chi connectivity index (χ0) is 11.7. The van der Waals surface area contributed by atoms with Crippen molar-refractivity contribution >= 4 is 33.5 Å². The highest BCUT2D eigenvalue weighted by Gasteiger charge is 2.09. The molecule has 0 radical (unpaired) electrons. The third-order valence-corrected chi connectivity index (χ3v) is 2.80.